The van der Waals surface area contributed by atoms with Crippen molar-refractivity contribution in [3.05, 3.63) is 58.6 Å². The number of hydrogen-bond acceptors (Lipinski definition) is 4. The molecule has 2 heterocycles. The molecule has 1 N–H and O–H groups in total. The van der Waals surface area contributed by atoms with Gasteiger partial charge in [0.15, 0.2) is 11.6 Å². The van der Waals surface area contributed by atoms with Gasteiger partial charge in [-0.2, -0.15) is 18.3 Å². The van der Waals surface area contributed by atoms with Crippen molar-refractivity contribution in [2.45, 2.75) is 44.7 Å². The molecule has 2 atom stereocenters. The fraction of sp³-hybridized carbons (Fsp3) is 0.450. The van der Waals surface area contributed by atoms with Gasteiger partial charge in [-0.25, -0.2) is 0 Å². The van der Waals surface area contributed by atoms with Crippen molar-refractivity contribution in [2.24, 2.45) is 15.6 Å². The molecule has 27 heavy (non-hydrogen) atoms. The number of alkyl halides is 3. The van der Waals surface area contributed by atoms with E-state index in [9.17, 15) is 18.0 Å². The van der Waals surface area contributed by atoms with Crippen molar-refractivity contribution in [3.8, 4) is 0 Å². The van der Waals surface area contributed by atoms with E-state index in [1.54, 1.807) is 0 Å². The van der Waals surface area contributed by atoms with Crippen molar-refractivity contribution < 1.29 is 18.0 Å². The molecule has 2 aliphatic heterocycles. The Balaban J connectivity index is 1.95. The molecule has 142 valence electrons. The Morgan fingerprint density at radius 2 is 1.89 bits per heavy atom. The lowest BCUT2D eigenvalue weighted by atomic mass is 9.59. The minimum absolute atomic E-state index is 0.265. The third-order valence-corrected chi connectivity index (χ3v) is 6.08. The first-order chi connectivity index (χ1) is 12.7. The first kappa shape index (κ1) is 17.9. The Morgan fingerprint density at radius 3 is 2.52 bits per heavy atom. The molecular weight excluding hydrogens is 355 g/mol. The third kappa shape index (κ3) is 2.40. The highest BCUT2D eigenvalue weighted by Crippen LogP contribution is 2.56. The summed E-state index contributed by atoms with van der Waals surface area (Å²) in [5, 5.41) is 11.2. The number of allylic oxidation sites excluding steroid dienone is 2. The van der Waals surface area contributed by atoms with Crippen LogP contribution in [0.4, 0.5) is 13.2 Å². The van der Waals surface area contributed by atoms with Crippen LogP contribution >= 0.6 is 0 Å². The van der Waals surface area contributed by atoms with Gasteiger partial charge >= 0.3 is 6.18 Å². The summed E-state index contributed by atoms with van der Waals surface area (Å²) in [5.41, 5.74) is -0.338. The van der Waals surface area contributed by atoms with Crippen molar-refractivity contribution >= 4 is 5.78 Å². The number of nitrogens with zero attached hydrogens (tertiary/aromatic N) is 2. The maximum Gasteiger partial charge on any atom is 0.395 e. The molecule has 1 aromatic carbocycles. The Hall–Kier alpha value is -2.44. The Labute approximate surface area is 155 Å². The lowest BCUT2D eigenvalue weighted by Gasteiger charge is -2.46. The van der Waals surface area contributed by atoms with Crippen LogP contribution in [0.3, 0.4) is 0 Å². The molecule has 1 aromatic rings. The number of dihydropyridines is 1. The topological polar surface area (TPSA) is 53.8 Å². The van der Waals surface area contributed by atoms with Crippen LogP contribution < -0.4 is 5.32 Å². The van der Waals surface area contributed by atoms with E-state index < -0.39 is 29.2 Å². The van der Waals surface area contributed by atoms with Crippen molar-refractivity contribution in [3.63, 3.8) is 0 Å². The normalized spacial score (nSPS) is 30.3. The van der Waals surface area contributed by atoms with Gasteiger partial charge in [0.25, 0.3) is 0 Å². The largest absolute Gasteiger partial charge is 0.395 e. The molecule has 0 radical (unpaired) electrons. The van der Waals surface area contributed by atoms with E-state index in [1.165, 1.54) is 0 Å². The van der Waals surface area contributed by atoms with E-state index in [4.69, 9.17) is 0 Å². The average molecular weight is 375 g/mol. The van der Waals surface area contributed by atoms with Crippen LogP contribution in [0.15, 0.2) is 63.2 Å². The van der Waals surface area contributed by atoms with Gasteiger partial charge in [-0.3, -0.25) is 4.79 Å². The quantitative estimate of drug-likeness (QED) is 0.807. The van der Waals surface area contributed by atoms with E-state index in [2.05, 4.69) is 15.5 Å². The summed E-state index contributed by atoms with van der Waals surface area (Å²) in [6.45, 7) is 3.41. The van der Waals surface area contributed by atoms with Crippen LogP contribution in [0.2, 0.25) is 0 Å². The van der Waals surface area contributed by atoms with Crippen LogP contribution in [0.5, 0.6) is 0 Å². The van der Waals surface area contributed by atoms with Gasteiger partial charge in [0.05, 0.1) is 17.4 Å². The van der Waals surface area contributed by atoms with Gasteiger partial charge in [0, 0.05) is 29.7 Å². The summed E-state index contributed by atoms with van der Waals surface area (Å²) in [7, 11) is 0. The summed E-state index contributed by atoms with van der Waals surface area (Å²) < 4.78 is 41.0. The Morgan fingerprint density at radius 1 is 1.19 bits per heavy atom. The lowest BCUT2D eigenvalue weighted by Crippen LogP contribution is -2.50. The number of rotatable bonds is 2. The first-order valence-corrected chi connectivity index (χ1v) is 9.00. The van der Waals surface area contributed by atoms with Crippen LogP contribution in [0.25, 0.3) is 0 Å². The standard InChI is InChI=1S/C20H20F3N3O/c1-3-19(12-7-5-4-6-8-12)13-11-24-26-17(13)25-14-9-18(2,20(21,22)23)10-15(27)16(14)19/h4-8,25H,3,9-11H2,1-2H3. The molecule has 0 fully saturated rings. The van der Waals surface area contributed by atoms with Crippen LogP contribution in [-0.2, 0) is 10.2 Å². The van der Waals surface area contributed by atoms with Crippen LogP contribution in [-0.4, -0.2) is 18.5 Å². The molecule has 3 aliphatic rings. The third-order valence-electron chi connectivity index (χ3n) is 6.08. The maximum atomic E-state index is 13.7. The van der Waals surface area contributed by atoms with E-state index >= 15 is 0 Å². The summed E-state index contributed by atoms with van der Waals surface area (Å²) >= 11 is 0. The predicted octanol–water partition coefficient (Wildman–Crippen LogP) is 4.80. The van der Waals surface area contributed by atoms with E-state index in [1.807, 2.05) is 37.3 Å². The van der Waals surface area contributed by atoms with Crippen LogP contribution in [0.1, 0.15) is 38.7 Å². The van der Waals surface area contributed by atoms with E-state index in [-0.39, 0.29) is 6.42 Å². The summed E-state index contributed by atoms with van der Waals surface area (Å²) in [6, 6.07) is 9.49. The van der Waals surface area contributed by atoms with Gasteiger partial charge < -0.3 is 5.32 Å². The number of Topliss-reactive ketones (excluding diaryl/α,β-unsaturated/α-hetero) is 1. The molecule has 0 aromatic heterocycles. The molecule has 4 rings (SSSR count). The molecule has 2 unspecified atom stereocenters. The number of carbonyl (C=O) groups excluding carboxylic acids is 1. The second-order valence-electron chi connectivity index (χ2n) is 7.67. The zero-order valence-electron chi connectivity index (χ0n) is 15.2. The summed E-state index contributed by atoms with van der Waals surface area (Å²) in [6.07, 6.45) is -4.72. The van der Waals surface area contributed by atoms with Gasteiger partial charge in [-0.1, -0.05) is 44.2 Å². The molecule has 0 amide bonds. The SMILES string of the molecule is CCC1(c2ccccc2)C2=C(N=NC2)NC2=C1C(=O)CC(C)(C(F)(F)F)C2. The smallest absolute Gasteiger partial charge is 0.342 e. The first-order valence-electron chi connectivity index (χ1n) is 9.00. The molecule has 7 heteroatoms. The van der Waals surface area contributed by atoms with E-state index in [0.29, 0.717) is 30.1 Å². The minimum atomic E-state index is -4.46. The van der Waals surface area contributed by atoms with Crippen LogP contribution in [0, 0.1) is 5.41 Å². The van der Waals surface area contributed by atoms with Gasteiger partial charge in [-0.05, 0) is 12.0 Å². The predicted molar refractivity (Wildman–Crippen MR) is 93.7 cm³/mol. The van der Waals surface area contributed by atoms with Gasteiger partial charge in [0.2, 0.25) is 0 Å². The van der Waals surface area contributed by atoms with Crippen molar-refractivity contribution in [1.82, 2.24) is 5.32 Å². The number of nitrogens with one attached hydrogen (secondary N) is 1. The molecule has 4 nitrogen and oxygen atoms in total. The lowest BCUT2D eigenvalue weighted by molar-refractivity contribution is -0.221. The maximum absolute atomic E-state index is 13.7. The monoisotopic (exact) mass is 375 g/mol. The highest BCUT2D eigenvalue weighted by Gasteiger charge is 2.59. The number of benzene rings is 1. The molecular formula is C20H20F3N3O. The Bertz CT molecular complexity index is 901. The molecule has 1 aliphatic carbocycles. The number of halogens is 3. The fourth-order valence-electron chi connectivity index (χ4n) is 4.63. The van der Waals surface area contributed by atoms with Gasteiger partial charge in [-0.15, -0.1) is 5.11 Å². The number of azo groups is 1. The average Bonchev–Trinajstić information content (AvgIpc) is 3.08. The second-order valence-corrected chi connectivity index (χ2v) is 7.67. The molecule has 0 saturated carbocycles. The Kier molecular flexibility index (Phi) is 3.84. The highest BCUT2D eigenvalue weighted by atomic mass is 19.4. The highest BCUT2D eigenvalue weighted by molar-refractivity contribution is 6.01. The summed E-state index contributed by atoms with van der Waals surface area (Å²) in [5.74, 6) is 0.0337. The number of carbonyl (C=O) groups is 1. The minimum Gasteiger partial charge on any atom is -0.342 e. The number of ketones is 1. The van der Waals surface area contributed by atoms with Crippen molar-refractivity contribution in [1.29, 1.82) is 0 Å². The number of hydrogen-bond donors (Lipinski definition) is 1. The van der Waals surface area contributed by atoms with E-state index in [0.717, 1.165) is 18.1 Å². The second kappa shape index (κ2) is 5.78. The molecule has 0 bridgehead atoms. The fourth-order valence-corrected chi connectivity index (χ4v) is 4.63. The molecule has 0 saturated heterocycles. The zero-order valence-corrected chi connectivity index (χ0v) is 15.2. The van der Waals surface area contributed by atoms with Crippen molar-refractivity contribution in [2.75, 3.05) is 6.54 Å². The molecule has 0 spiro atoms. The van der Waals surface area contributed by atoms with Gasteiger partial charge in [0.1, 0.15) is 0 Å². The summed E-state index contributed by atoms with van der Waals surface area (Å²) in [4.78, 5) is 13.1. The zero-order chi connectivity index (χ0) is 19.4.